The lowest BCUT2D eigenvalue weighted by Gasteiger charge is -2.19. The van der Waals surface area contributed by atoms with Gasteiger partial charge in [-0.1, -0.05) is 37.3 Å². The first kappa shape index (κ1) is 20.7. The number of guanidine groups is 1. The van der Waals surface area contributed by atoms with Crippen molar-refractivity contribution in [1.82, 2.24) is 10.6 Å². The van der Waals surface area contributed by atoms with E-state index in [9.17, 15) is 4.79 Å². The molecule has 1 fully saturated rings. The number of carbonyl (C=O) groups excluding carboxylic acids is 1. The van der Waals surface area contributed by atoms with Crippen LogP contribution in [0.4, 0.5) is 5.69 Å². The summed E-state index contributed by atoms with van der Waals surface area (Å²) in [6.07, 6.45) is 1.59. The highest BCUT2D eigenvalue weighted by Crippen LogP contribution is 2.25. The molecule has 3 rings (SSSR count). The second-order valence-corrected chi connectivity index (χ2v) is 7.27. The second-order valence-electron chi connectivity index (χ2n) is 7.27. The van der Waals surface area contributed by atoms with E-state index in [4.69, 9.17) is 4.74 Å². The van der Waals surface area contributed by atoms with Gasteiger partial charge in [-0.2, -0.15) is 0 Å². The summed E-state index contributed by atoms with van der Waals surface area (Å²) in [5.41, 5.74) is 3.29. The number of anilines is 1. The van der Waals surface area contributed by atoms with Crippen molar-refractivity contribution in [3.05, 3.63) is 59.7 Å². The average molecular weight is 395 g/mol. The van der Waals surface area contributed by atoms with Gasteiger partial charge in [0.2, 0.25) is 5.91 Å². The van der Waals surface area contributed by atoms with E-state index in [2.05, 4.69) is 40.7 Å². The zero-order valence-electron chi connectivity index (χ0n) is 17.4. The maximum Gasteiger partial charge on any atom is 0.227 e. The van der Waals surface area contributed by atoms with E-state index in [1.54, 1.807) is 14.2 Å². The van der Waals surface area contributed by atoms with E-state index in [1.165, 1.54) is 5.56 Å². The predicted molar refractivity (Wildman–Crippen MR) is 118 cm³/mol. The Bertz CT molecular complexity index is 848. The molecule has 2 aromatic rings. The smallest absolute Gasteiger partial charge is 0.227 e. The Morgan fingerprint density at radius 3 is 2.59 bits per heavy atom. The van der Waals surface area contributed by atoms with Gasteiger partial charge in [0, 0.05) is 44.7 Å². The Morgan fingerprint density at radius 2 is 1.93 bits per heavy atom. The third-order valence-corrected chi connectivity index (χ3v) is 5.25. The maximum absolute atomic E-state index is 11.9. The zero-order valence-corrected chi connectivity index (χ0v) is 17.4. The summed E-state index contributed by atoms with van der Waals surface area (Å²) in [5, 5.41) is 6.73. The van der Waals surface area contributed by atoms with Crippen molar-refractivity contribution >= 4 is 17.6 Å². The number of hydrogen-bond acceptors (Lipinski definition) is 3. The van der Waals surface area contributed by atoms with Gasteiger partial charge in [-0.15, -0.1) is 0 Å². The van der Waals surface area contributed by atoms with Crippen molar-refractivity contribution in [3.63, 3.8) is 0 Å². The Morgan fingerprint density at radius 1 is 1.17 bits per heavy atom. The van der Waals surface area contributed by atoms with Gasteiger partial charge in [0.25, 0.3) is 0 Å². The monoisotopic (exact) mass is 394 g/mol. The topological polar surface area (TPSA) is 66.0 Å². The molecule has 1 aliphatic rings. The van der Waals surface area contributed by atoms with Crippen molar-refractivity contribution in [1.29, 1.82) is 0 Å². The Labute approximate surface area is 173 Å². The highest BCUT2D eigenvalue weighted by atomic mass is 16.5. The van der Waals surface area contributed by atoms with E-state index in [0.717, 1.165) is 42.5 Å². The van der Waals surface area contributed by atoms with Gasteiger partial charge in [0.15, 0.2) is 5.96 Å². The van der Waals surface area contributed by atoms with Crippen LogP contribution in [0.3, 0.4) is 0 Å². The van der Waals surface area contributed by atoms with Crippen LogP contribution in [0.1, 0.15) is 36.8 Å². The molecule has 1 aliphatic heterocycles. The molecule has 6 heteroatoms. The lowest BCUT2D eigenvalue weighted by molar-refractivity contribution is -0.117. The molecule has 0 saturated carbocycles. The van der Waals surface area contributed by atoms with Gasteiger partial charge in [-0.25, -0.2) is 0 Å². The summed E-state index contributed by atoms with van der Waals surface area (Å²) >= 11 is 0. The fraction of sp³-hybridized carbons (Fsp3) is 0.391. The quantitative estimate of drug-likeness (QED) is 0.559. The standard InChI is InChI=1S/C23H30N4O2/c1-17(20-7-4-5-8-21(20)29-3)15-25-23(24-2)26-16-18-10-12-19(13-11-18)27-14-6-9-22(27)28/h4-5,7-8,10-13,17H,6,9,14-16H2,1-3H3,(H2,24,25,26). The molecular formula is C23H30N4O2. The van der Waals surface area contributed by atoms with E-state index in [1.807, 2.05) is 35.2 Å². The number of ether oxygens (including phenoxy) is 1. The Balaban J connectivity index is 1.51. The summed E-state index contributed by atoms with van der Waals surface area (Å²) in [6.45, 7) is 4.39. The van der Waals surface area contributed by atoms with Crippen molar-refractivity contribution in [2.24, 2.45) is 4.99 Å². The van der Waals surface area contributed by atoms with Crippen LogP contribution >= 0.6 is 0 Å². The number of amides is 1. The third kappa shape index (κ3) is 5.28. The largest absolute Gasteiger partial charge is 0.496 e. The highest BCUT2D eigenvalue weighted by Gasteiger charge is 2.21. The number of rotatable bonds is 7. The van der Waals surface area contributed by atoms with Gasteiger partial charge in [0.1, 0.15) is 5.75 Å². The minimum Gasteiger partial charge on any atom is -0.496 e. The molecule has 154 valence electrons. The summed E-state index contributed by atoms with van der Waals surface area (Å²) in [6, 6.07) is 16.2. The number of benzene rings is 2. The van der Waals surface area contributed by atoms with E-state index >= 15 is 0 Å². The van der Waals surface area contributed by atoms with Crippen LogP contribution in [0.25, 0.3) is 0 Å². The van der Waals surface area contributed by atoms with Gasteiger partial charge in [0.05, 0.1) is 7.11 Å². The van der Waals surface area contributed by atoms with Gasteiger partial charge < -0.3 is 20.3 Å². The fourth-order valence-electron chi connectivity index (χ4n) is 3.55. The molecule has 1 amide bonds. The highest BCUT2D eigenvalue weighted by molar-refractivity contribution is 5.95. The number of nitrogens with one attached hydrogen (secondary N) is 2. The first-order valence-electron chi connectivity index (χ1n) is 10.1. The van der Waals surface area contributed by atoms with Crippen LogP contribution in [0, 0.1) is 0 Å². The molecule has 2 N–H and O–H groups in total. The van der Waals surface area contributed by atoms with Crippen LogP contribution < -0.4 is 20.3 Å². The number of nitrogens with zero attached hydrogens (tertiary/aromatic N) is 2. The molecule has 1 heterocycles. The molecule has 0 aromatic heterocycles. The van der Waals surface area contributed by atoms with Crippen molar-refractivity contribution in [2.45, 2.75) is 32.2 Å². The molecule has 0 spiro atoms. The Hall–Kier alpha value is -3.02. The molecule has 1 saturated heterocycles. The minimum atomic E-state index is 0.213. The number of carbonyl (C=O) groups is 1. The Kier molecular flexibility index (Phi) is 7.11. The molecule has 0 aliphatic carbocycles. The molecule has 29 heavy (non-hydrogen) atoms. The van der Waals surface area contributed by atoms with Crippen molar-refractivity contribution in [2.75, 3.05) is 32.1 Å². The van der Waals surface area contributed by atoms with Crippen LogP contribution in [-0.2, 0) is 11.3 Å². The summed E-state index contributed by atoms with van der Waals surface area (Å²) in [7, 11) is 3.47. The molecule has 2 aromatic carbocycles. The first-order valence-corrected chi connectivity index (χ1v) is 10.1. The average Bonchev–Trinajstić information content (AvgIpc) is 3.19. The van der Waals surface area contributed by atoms with Gasteiger partial charge in [-0.05, 0) is 35.7 Å². The first-order chi connectivity index (χ1) is 14.1. The van der Waals surface area contributed by atoms with E-state index in [0.29, 0.717) is 13.0 Å². The minimum absolute atomic E-state index is 0.213. The fourth-order valence-corrected chi connectivity index (χ4v) is 3.55. The lowest BCUT2D eigenvalue weighted by atomic mass is 10.0. The lowest BCUT2D eigenvalue weighted by Crippen LogP contribution is -2.38. The number of para-hydroxylation sites is 1. The molecule has 1 unspecified atom stereocenters. The predicted octanol–water partition coefficient (Wildman–Crippen LogP) is 3.29. The molecule has 1 atom stereocenters. The molecular weight excluding hydrogens is 364 g/mol. The molecule has 0 radical (unpaired) electrons. The van der Waals surface area contributed by atoms with Crippen LogP contribution in [0.5, 0.6) is 5.75 Å². The summed E-state index contributed by atoms with van der Waals surface area (Å²) < 4.78 is 5.46. The SMILES string of the molecule is CN=C(NCc1ccc(N2CCCC2=O)cc1)NCC(C)c1ccccc1OC. The summed E-state index contributed by atoms with van der Waals surface area (Å²) in [4.78, 5) is 18.0. The molecule has 0 bridgehead atoms. The zero-order chi connectivity index (χ0) is 20.6. The third-order valence-electron chi connectivity index (χ3n) is 5.25. The van der Waals surface area contributed by atoms with E-state index < -0.39 is 0 Å². The molecule has 6 nitrogen and oxygen atoms in total. The number of methoxy groups -OCH3 is 1. The van der Waals surface area contributed by atoms with Gasteiger partial charge in [-0.3, -0.25) is 9.79 Å². The normalized spacial score (nSPS) is 15.3. The second kappa shape index (κ2) is 9.96. The van der Waals surface area contributed by atoms with Crippen molar-refractivity contribution in [3.8, 4) is 5.75 Å². The van der Waals surface area contributed by atoms with E-state index in [-0.39, 0.29) is 11.8 Å². The summed E-state index contributed by atoms with van der Waals surface area (Å²) in [5.74, 6) is 2.15. The van der Waals surface area contributed by atoms with Crippen LogP contribution in [0.2, 0.25) is 0 Å². The maximum atomic E-state index is 11.9. The van der Waals surface area contributed by atoms with Gasteiger partial charge >= 0.3 is 0 Å². The van der Waals surface area contributed by atoms with Crippen molar-refractivity contribution < 1.29 is 9.53 Å². The van der Waals surface area contributed by atoms with Crippen LogP contribution in [-0.4, -0.2) is 39.1 Å². The number of aliphatic imine (C=N–C) groups is 1. The van der Waals surface area contributed by atoms with Crippen LogP contribution in [0.15, 0.2) is 53.5 Å². The number of hydrogen-bond donors (Lipinski definition) is 2.